The molecule has 0 saturated heterocycles. The number of rotatable bonds is 7. The zero-order chi connectivity index (χ0) is 32.1. The lowest BCUT2D eigenvalue weighted by atomic mass is 9.98. The molecule has 0 radical (unpaired) electrons. The van der Waals surface area contributed by atoms with Gasteiger partial charge in [0.15, 0.2) is 23.8 Å². The summed E-state index contributed by atoms with van der Waals surface area (Å²) in [7, 11) is 0. The fourth-order valence-electron chi connectivity index (χ4n) is 5.59. The summed E-state index contributed by atoms with van der Waals surface area (Å²) >= 11 is 0. The summed E-state index contributed by atoms with van der Waals surface area (Å²) in [5, 5.41) is 0. The molecule has 1 aromatic heterocycles. The Hall–Kier alpha value is -4.82. The van der Waals surface area contributed by atoms with E-state index in [2.05, 4.69) is 65.2 Å². The van der Waals surface area contributed by atoms with Gasteiger partial charge in [0, 0.05) is 28.8 Å². The van der Waals surface area contributed by atoms with Gasteiger partial charge in [-0.25, -0.2) is 0 Å². The van der Waals surface area contributed by atoms with Crippen molar-refractivity contribution in [2.75, 3.05) is 52.9 Å². The second-order valence-electron chi connectivity index (χ2n) is 11.1. The molecule has 6 rings (SSSR count). The molecule has 7 nitrogen and oxygen atoms in total. The Balaban J connectivity index is 1.30. The van der Waals surface area contributed by atoms with Gasteiger partial charge in [-0.2, -0.15) is 4.57 Å². The number of hydrogen-bond donors (Lipinski definition) is 0. The maximum Gasteiger partial charge on any atom is 0.213 e. The molecule has 4 aromatic carbocycles. The van der Waals surface area contributed by atoms with Gasteiger partial charge in [-0.3, -0.25) is 4.79 Å². The molecule has 0 aliphatic carbocycles. The summed E-state index contributed by atoms with van der Waals surface area (Å²) in [5.74, 6) is 1.10. The maximum absolute atomic E-state index is 13.8. The van der Waals surface area contributed by atoms with E-state index in [9.17, 15) is 4.79 Å². The van der Waals surface area contributed by atoms with Crippen molar-refractivity contribution in [3.63, 3.8) is 0 Å². The Morgan fingerprint density at radius 3 is 1.49 bits per heavy atom. The minimum atomic E-state index is 0.0154. The van der Waals surface area contributed by atoms with E-state index < -0.39 is 0 Å². The first-order valence-electron chi connectivity index (χ1n) is 16.2. The number of carbonyl (C=O) groups is 1. The van der Waals surface area contributed by atoms with E-state index in [0.29, 0.717) is 82.9 Å². The third kappa shape index (κ3) is 8.71. The largest absolute Gasteiger partial charge is 0.487 e. The minimum Gasteiger partial charge on any atom is -0.487 e. The number of aromatic nitrogens is 1. The van der Waals surface area contributed by atoms with Gasteiger partial charge in [-0.05, 0) is 53.6 Å². The van der Waals surface area contributed by atoms with Crippen LogP contribution in [0.1, 0.15) is 16.8 Å². The van der Waals surface area contributed by atoms with Crippen molar-refractivity contribution in [1.82, 2.24) is 0 Å². The van der Waals surface area contributed by atoms with Crippen LogP contribution in [0.3, 0.4) is 0 Å². The number of nitrogens with zero attached hydrogens (tertiary/aromatic N) is 1. The molecule has 7 heteroatoms. The fourth-order valence-corrected chi connectivity index (χ4v) is 5.59. The minimum absolute atomic E-state index is 0.0154. The fraction of sp³-hybridized carbons (Fsp3) is 0.250. The Labute approximate surface area is 276 Å². The highest BCUT2D eigenvalue weighted by Crippen LogP contribution is 2.31. The van der Waals surface area contributed by atoms with Crippen molar-refractivity contribution in [3.8, 4) is 45.1 Å². The average Bonchev–Trinajstić information content (AvgIpc) is 3.14. The van der Waals surface area contributed by atoms with Gasteiger partial charge in [0.25, 0.3) is 0 Å². The summed E-state index contributed by atoms with van der Waals surface area (Å²) in [6.45, 7) is 3.98. The third-order valence-corrected chi connectivity index (χ3v) is 7.95. The van der Waals surface area contributed by atoms with Crippen LogP contribution in [0.5, 0.6) is 11.5 Å². The van der Waals surface area contributed by atoms with Crippen molar-refractivity contribution in [2.24, 2.45) is 0 Å². The summed E-state index contributed by atoms with van der Waals surface area (Å²) in [6, 6.07) is 40.9. The topological polar surface area (TPSA) is 67.1 Å². The Morgan fingerprint density at radius 2 is 0.957 bits per heavy atom. The first-order chi connectivity index (χ1) is 23.3. The van der Waals surface area contributed by atoms with Crippen LogP contribution in [0.25, 0.3) is 33.6 Å². The van der Waals surface area contributed by atoms with Crippen LogP contribution >= 0.6 is 0 Å². The van der Waals surface area contributed by atoms with Crippen molar-refractivity contribution >= 4 is 5.78 Å². The monoisotopic (exact) mass is 630 g/mol. The molecular formula is C40H40NO6+. The van der Waals surface area contributed by atoms with Gasteiger partial charge in [-0.15, -0.1) is 0 Å². The third-order valence-electron chi connectivity index (χ3n) is 7.95. The van der Waals surface area contributed by atoms with E-state index >= 15 is 0 Å². The highest BCUT2D eigenvalue weighted by atomic mass is 16.6. The molecule has 0 fully saturated rings. The number of ether oxygens (including phenoxy) is 5. The molecule has 1 aliphatic rings. The molecule has 0 spiro atoms. The second kappa shape index (κ2) is 16.7. The summed E-state index contributed by atoms with van der Waals surface area (Å²) in [5.41, 5.74) is 7.08. The van der Waals surface area contributed by atoms with E-state index in [-0.39, 0.29) is 5.78 Å². The van der Waals surface area contributed by atoms with Crippen LogP contribution in [0.15, 0.2) is 121 Å². The van der Waals surface area contributed by atoms with Crippen molar-refractivity contribution in [3.05, 3.63) is 127 Å². The molecule has 1 aliphatic heterocycles. The lowest BCUT2D eigenvalue weighted by Crippen LogP contribution is -2.40. The van der Waals surface area contributed by atoms with E-state index in [4.69, 9.17) is 23.7 Å². The van der Waals surface area contributed by atoms with E-state index in [1.165, 1.54) is 0 Å². The quantitative estimate of drug-likeness (QED) is 0.142. The van der Waals surface area contributed by atoms with Crippen LogP contribution < -0.4 is 14.0 Å². The normalized spacial score (nSPS) is 14.5. The maximum atomic E-state index is 13.8. The van der Waals surface area contributed by atoms with Crippen LogP contribution in [-0.4, -0.2) is 58.6 Å². The van der Waals surface area contributed by atoms with E-state index in [1.54, 1.807) is 12.1 Å². The van der Waals surface area contributed by atoms with Crippen molar-refractivity contribution < 1.29 is 33.0 Å². The zero-order valence-electron chi connectivity index (χ0n) is 26.5. The summed E-state index contributed by atoms with van der Waals surface area (Å²) in [4.78, 5) is 13.8. The van der Waals surface area contributed by atoms with E-state index in [0.717, 1.165) is 33.6 Å². The SMILES string of the molecule is O=C(CC[n+]1c(-c2ccccc2)cc(-c2ccccc2)cc1-c1ccccc1)c1ccc2c(c1)OCCOCCOCCOCCO2. The molecule has 0 N–H and O–H groups in total. The van der Waals surface area contributed by atoms with Gasteiger partial charge < -0.3 is 23.7 Å². The first kappa shape index (κ1) is 32.1. The molecule has 47 heavy (non-hydrogen) atoms. The first-order valence-corrected chi connectivity index (χ1v) is 16.2. The predicted molar refractivity (Wildman–Crippen MR) is 182 cm³/mol. The number of benzene rings is 4. The molecule has 0 saturated carbocycles. The number of hydrogen-bond acceptors (Lipinski definition) is 6. The smallest absolute Gasteiger partial charge is 0.213 e. The number of ketones is 1. The van der Waals surface area contributed by atoms with E-state index in [1.807, 2.05) is 48.5 Å². The molecule has 0 amide bonds. The van der Waals surface area contributed by atoms with Gasteiger partial charge in [0.2, 0.25) is 11.4 Å². The number of carbonyl (C=O) groups excluding carboxylic acids is 1. The predicted octanol–water partition coefficient (Wildman–Crippen LogP) is 7.07. The van der Waals surface area contributed by atoms with Crippen LogP contribution in [-0.2, 0) is 20.8 Å². The van der Waals surface area contributed by atoms with Gasteiger partial charge in [0.05, 0.1) is 46.1 Å². The molecule has 0 atom stereocenters. The average molecular weight is 631 g/mol. The molecular weight excluding hydrogens is 590 g/mol. The molecule has 240 valence electrons. The van der Waals surface area contributed by atoms with Crippen LogP contribution in [0.4, 0.5) is 0 Å². The number of Topliss-reactive ketones (excluding diaryl/α,β-unsaturated/α-hetero) is 1. The van der Waals surface area contributed by atoms with Gasteiger partial charge in [0.1, 0.15) is 13.2 Å². The van der Waals surface area contributed by atoms with Crippen molar-refractivity contribution in [2.45, 2.75) is 13.0 Å². The van der Waals surface area contributed by atoms with Gasteiger partial charge >= 0.3 is 0 Å². The number of fused-ring (bicyclic) bond motifs is 1. The van der Waals surface area contributed by atoms with Crippen LogP contribution in [0.2, 0.25) is 0 Å². The van der Waals surface area contributed by atoms with Crippen molar-refractivity contribution in [1.29, 1.82) is 0 Å². The molecule has 2 heterocycles. The highest BCUT2D eigenvalue weighted by molar-refractivity contribution is 5.96. The Morgan fingerprint density at radius 1 is 0.489 bits per heavy atom. The Kier molecular flexibility index (Phi) is 11.4. The molecule has 5 aromatic rings. The molecule has 0 bridgehead atoms. The Bertz CT molecular complexity index is 1670. The summed E-state index contributed by atoms with van der Waals surface area (Å²) < 4.78 is 31.0. The lowest BCUT2D eigenvalue weighted by Gasteiger charge is -2.15. The van der Waals surface area contributed by atoms with Gasteiger partial charge in [-0.1, -0.05) is 66.7 Å². The highest BCUT2D eigenvalue weighted by Gasteiger charge is 2.24. The molecule has 0 unspecified atom stereocenters. The van der Waals surface area contributed by atoms with Crippen LogP contribution in [0, 0.1) is 0 Å². The second-order valence-corrected chi connectivity index (χ2v) is 11.1. The summed E-state index contributed by atoms with van der Waals surface area (Å²) in [6.07, 6.45) is 0.297. The standard InChI is InChI=1S/C40H40NO6/c42-38(34-16-17-39-40(30-34)47-27-25-45-23-21-43-20-22-44-24-26-46-39)18-19-41-36(32-12-6-2-7-13-32)28-35(31-10-4-1-5-11-31)29-37(41)33-14-8-3-9-15-33/h1-17,28-30H,18-27H2/q+1. The zero-order valence-corrected chi connectivity index (χ0v) is 26.5. The number of pyridine rings is 1. The lowest BCUT2D eigenvalue weighted by molar-refractivity contribution is -0.674.